The molecule has 1 heterocycles. The maximum absolute atomic E-state index is 13.0. The molecule has 1 rings (SSSR count). The van der Waals surface area contributed by atoms with Gasteiger partial charge >= 0.3 is 0 Å². The van der Waals surface area contributed by atoms with E-state index in [1.807, 2.05) is 4.90 Å². The van der Waals surface area contributed by atoms with Crippen LogP contribution in [0.1, 0.15) is 26.7 Å². The van der Waals surface area contributed by atoms with Crippen LogP contribution < -0.4 is 0 Å². The van der Waals surface area contributed by atoms with Gasteiger partial charge in [0.1, 0.15) is 6.17 Å². The number of rotatable bonds is 1. The molecule has 0 N–H and O–H groups in total. The van der Waals surface area contributed by atoms with Crippen molar-refractivity contribution >= 4 is 0 Å². The molecule has 0 amide bonds. The summed E-state index contributed by atoms with van der Waals surface area (Å²) in [6.07, 6.45) is 0.812. The molecule has 1 aliphatic rings. The van der Waals surface area contributed by atoms with Gasteiger partial charge in [-0.15, -0.1) is 0 Å². The van der Waals surface area contributed by atoms with E-state index >= 15 is 0 Å². The Morgan fingerprint density at radius 1 is 1.64 bits per heavy atom. The van der Waals surface area contributed by atoms with Crippen LogP contribution in [0.4, 0.5) is 4.39 Å². The van der Waals surface area contributed by atoms with Gasteiger partial charge in [-0.25, -0.2) is 4.39 Å². The molecule has 0 aliphatic carbocycles. The van der Waals surface area contributed by atoms with Crippen molar-refractivity contribution < 1.29 is 4.39 Å². The zero-order chi connectivity index (χ0) is 8.43. The molecule has 0 aromatic rings. The van der Waals surface area contributed by atoms with Gasteiger partial charge in [-0.05, 0) is 26.7 Å². The Hall–Kier alpha value is -0.530. The second-order valence-electron chi connectivity index (χ2n) is 3.39. The molecule has 0 aromatic carbocycles. The van der Waals surface area contributed by atoms with Crippen LogP contribution in [0.5, 0.6) is 0 Å². The summed E-state index contributed by atoms with van der Waals surface area (Å²) in [4.78, 5) is 2.05. The summed E-state index contributed by atoms with van der Waals surface area (Å²) in [6.45, 7) is 8.86. The quantitative estimate of drug-likeness (QED) is 0.564. The van der Waals surface area contributed by atoms with E-state index in [2.05, 4.69) is 20.4 Å². The van der Waals surface area contributed by atoms with Gasteiger partial charge in [0.2, 0.25) is 0 Å². The third-order valence-corrected chi connectivity index (χ3v) is 2.21. The van der Waals surface area contributed by atoms with Crippen molar-refractivity contribution in [3.05, 3.63) is 12.3 Å². The highest BCUT2D eigenvalue weighted by molar-refractivity contribution is 5.05. The standard InChI is InChI=1S/C9H16FN/c1-7(2)11-6-4-5-9(10)8(11)3/h7,9H,3-6H2,1-2H3. The fourth-order valence-corrected chi connectivity index (χ4v) is 1.52. The van der Waals surface area contributed by atoms with Gasteiger partial charge in [0.05, 0.1) is 0 Å². The zero-order valence-corrected chi connectivity index (χ0v) is 7.31. The summed E-state index contributed by atoms with van der Waals surface area (Å²) >= 11 is 0. The third-order valence-electron chi connectivity index (χ3n) is 2.21. The Balaban J connectivity index is 2.58. The second-order valence-corrected chi connectivity index (χ2v) is 3.39. The predicted octanol–water partition coefficient (Wildman–Crippen LogP) is 2.34. The second kappa shape index (κ2) is 3.24. The van der Waals surface area contributed by atoms with Gasteiger partial charge in [-0.1, -0.05) is 6.58 Å². The number of allylic oxidation sites excluding steroid dienone is 1. The minimum Gasteiger partial charge on any atom is -0.370 e. The lowest BCUT2D eigenvalue weighted by Gasteiger charge is -2.36. The van der Waals surface area contributed by atoms with E-state index in [9.17, 15) is 4.39 Å². The number of likely N-dealkylation sites (tertiary alicyclic amines) is 1. The Kier molecular flexibility index (Phi) is 2.53. The van der Waals surface area contributed by atoms with E-state index in [1.165, 1.54) is 0 Å². The van der Waals surface area contributed by atoms with E-state index in [4.69, 9.17) is 0 Å². The van der Waals surface area contributed by atoms with Gasteiger partial charge in [0, 0.05) is 18.3 Å². The van der Waals surface area contributed by atoms with E-state index < -0.39 is 6.17 Å². The summed E-state index contributed by atoms with van der Waals surface area (Å²) in [5.41, 5.74) is 0.672. The van der Waals surface area contributed by atoms with E-state index in [1.54, 1.807) is 0 Å². The molecule has 1 atom stereocenters. The van der Waals surface area contributed by atoms with Crippen LogP contribution in [0.3, 0.4) is 0 Å². The smallest absolute Gasteiger partial charge is 0.139 e. The number of hydrogen-bond donors (Lipinski definition) is 0. The Morgan fingerprint density at radius 3 is 2.73 bits per heavy atom. The van der Waals surface area contributed by atoms with Crippen LogP contribution >= 0.6 is 0 Å². The fourth-order valence-electron chi connectivity index (χ4n) is 1.52. The van der Waals surface area contributed by atoms with Crippen molar-refractivity contribution in [1.82, 2.24) is 4.90 Å². The van der Waals surface area contributed by atoms with Gasteiger partial charge in [-0.2, -0.15) is 0 Å². The molecule has 0 spiro atoms. The molecule has 0 bridgehead atoms. The summed E-state index contributed by atoms with van der Waals surface area (Å²) in [5, 5.41) is 0. The Labute approximate surface area is 67.9 Å². The first-order chi connectivity index (χ1) is 5.13. The minimum absolute atomic E-state index is 0.390. The molecule has 1 saturated heterocycles. The van der Waals surface area contributed by atoms with Crippen LogP contribution in [0.25, 0.3) is 0 Å². The molecule has 1 nitrogen and oxygen atoms in total. The first-order valence-electron chi connectivity index (χ1n) is 4.22. The SMILES string of the molecule is C=C1C(F)CCCN1C(C)C. The maximum Gasteiger partial charge on any atom is 0.139 e. The minimum atomic E-state index is -0.800. The maximum atomic E-state index is 13.0. The van der Waals surface area contributed by atoms with Crippen molar-refractivity contribution in [3.63, 3.8) is 0 Å². The number of halogens is 1. The van der Waals surface area contributed by atoms with Crippen molar-refractivity contribution in [2.75, 3.05) is 6.54 Å². The summed E-state index contributed by atoms with van der Waals surface area (Å²) in [7, 11) is 0. The summed E-state index contributed by atoms with van der Waals surface area (Å²) in [6, 6.07) is 0.390. The molecule has 0 aromatic heterocycles. The largest absolute Gasteiger partial charge is 0.370 e. The zero-order valence-electron chi connectivity index (χ0n) is 7.31. The molecule has 1 aliphatic heterocycles. The van der Waals surface area contributed by atoms with E-state index in [0.29, 0.717) is 18.2 Å². The lowest BCUT2D eigenvalue weighted by Crippen LogP contribution is -2.38. The summed E-state index contributed by atoms with van der Waals surface area (Å²) in [5.74, 6) is 0. The molecular formula is C9H16FN. The predicted molar refractivity (Wildman–Crippen MR) is 45.1 cm³/mol. The first-order valence-corrected chi connectivity index (χ1v) is 4.22. The van der Waals surface area contributed by atoms with Crippen LogP contribution in [0, 0.1) is 0 Å². The van der Waals surface area contributed by atoms with Gasteiger partial charge in [0.25, 0.3) is 0 Å². The molecule has 11 heavy (non-hydrogen) atoms. The van der Waals surface area contributed by atoms with Crippen molar-refractivity contribution in [2.45, 2.75) is 38.9 Å². The highest BCUT2D eigenvalue weighted by atomic mass is 19.1. The highest BCUT2D eigenvalue weighted by Crippen LogP contribution is 2.23. The van der Waals surface area contributed by atoms with E-state index in [0.717, 1.165) is 13.0 Å². The summed E-state index contributed by atoms with van der Waals surface area (Å²) < 4.78 is 13.0. The number of nitrogens with zero attached hydrogens (tertiary/aromatic N) is 1. The number of alkyl halides is 1. The van der Waals surface area contributed by atoms with Crippen LogP contribution in [0.15, 0.2) is 12.3 Å². The van der Waals surface area contributed by atoms with Gasteiger partial charge in [0.15, 0.2) is 0 Å². The van der Waals surface area contributed by atoms with E-state index in [-0.39, 0.29) is 0 Å². The fraction of sp³-hybridized carbons (Fsp3) is 0.778. The van der Waals surface area contributed by atoms with Crippen molar-refractivity contribution in [1.29, 1.82) is 0 Å². The van der Waals surface area contributed by atoms with Crippen molar-refractivity contribution in [2.24, 2.45) is 0 Å². The van der Waals surface area contributed by atoms with Gasteiger partial charge < -0.3 is 4.90 Å². The molecule has 1 unspecified atom stereocenters. The lowest BCUT2D eigenvalue weighted by atomic mass is 10.0. The van der Waals surface area contributed by atoms with Crippen LogP contribution in [-0.4, -0.2) is 23.7 Å². The normalized spacial score (nSPS) is 26.4. The third kappa shape index (κ3) is 1.73. The molecule has 64 valence electrons. The van der Waals surface area contributed by atoms with Crippen LogP contribution in [0.2, 0.25) is 0 Å². The first kappa shape index (κ1) is 8.57. The average Bonchev–Trinajstić information content (AvgIpc) is 1.94. The molecule has 0 radical (unpaired) electrons. The topological polar surface area (TPSA) is 3.24 Å². The van der Waals surface area contributed by atoms with Gasteiger partial charge in [-0.3, -0.25) is 0 Å². The van der Waals surface area contributed by atoms with Crippen LogP contribution in [-0.2, 0) is 0 Å². The molecular weight excluding hydrogens is 141 g/mol. The molecule has 1 fully saturated rings. The number of piperidine rings is 1. The number of hydrogen-bond acceptors (Lipinski definition) is 1. The monoisotopic (exact) mass is 157 g/mol. The van der Waals surface area contributed by atoms with Crippen molar-refractivity contribution in [3.8, 4) is 0 Å². The Bertz CT molecular complexity index is 154. The Morgan fingerprint density at radius 2 is 2.27 bits per heavy atom. The lowest BCUT2D eigenvalue weighted by molar-refractivity contribution is 0.171. The molecule has 0 saturated carbocycles. The highest BCUT2D eigenvalue weighted by Gasteiger charge is 2.23. The average molecular weight is 157 g/mol. The molecule has 2 heteroatoms.